The number of hydrogen-bond acceptors (Lipinski definition) is 3. The van der Waals surface area contributed by atoms with Crippen molar-refractivity contribution >= 4 is 0 Å². The minimum atomic E-state index is -0.686. The topological polar surface area (TPSA) is 32.7 Å². The number of aliphatic hydroxyl groups excluding tert-OH is 1. The van der Waals surface area contributed by atoms with Crippen molar-refractivity contribution in [2.45, 2.75) is 39.1 Å². The monoisotopic (exact) mass is 349 g/mol. The first-order valence-corrected chi connectivity index (χ1v) is 8.43. The van der Waals surface area contributed by atoms with E-state index < -0.39 is 17.7 Å². The Morgan fingerprint density at radius 3 is 2.44 bits per heavy atom. The normalized spacial score (nSPS) is 12.8. The van der Waals surface area contributed by atoms with Gasteiger partial charge in [-0.3, -0.25) is 4.90 Å². The predicted octanol–water partition coefficient (Wildman–Crippen LogP) is 3.75. The first-order chi connectivity index (χ1) is 12.0. The van der Waals surface area contributed by atoms with Gasteiger partial charge in [0.1, 0.15) is 11.6 Å². The molecule has 2 aromatic rings. The van der Waals surface area contributed by atoms with Crippen LogP contribution in [-0.4, -0.2) is 35.3 Å². The van der Waals surface area contributed by atoms with Crippen LogP contribution in [0.1, 0.15) is 25.0 Å². The highest BCUT2D eigenvalue weighted by molar-refractivity contribution is 5.18. The molecule has 1 unspecified atom stereocenters. The van der Waals surface area contributed by atoms with Gasteiger partial charge in [-0.15, -0.1) is 0 Å². The Labute approximate surface area is 147 Å². The molecular formula is C20H25F2NO2. The van der Waals surface area contributed by atoms with Crippen LogP contribution in [0.25, 0.3) is 0 Å². The summed E-state index contributed by atoms with van der Waals surface area (Å²) in [5, 5.41) is 10.2. The van der Waals surface area contributed by atoms with Gasteiger partial charge in [-0.2, -0.15) is 0 Å². The first-order valence-electron chi connectivity index (χ1n) is 8.43. The van der Waals surface area contributed by atoms with Crippen molar-refractivity contribution in [3.63, 3.8) is 0 Å². The number of hydrogen-bond donors (Lipinski definition) is 1. The number of halogens is 2. The summed E-state index contributed by atoms with van der Waals surface area (Å²) >= 11 is 0. The fourth-order valence-electron chi connectivity index (χ4n) is 2.54. The second-order valence-electron chi connectivity index (χ2n) is 6.41. The second kappa shape index (κ2) is 9.61. The maximum atomic E-state index is 13.8. The molecule has 3 nitrogen and oxygen atoms in total. The second-order valence-corrected chi connectivity index (χ2v) is 6.41. The maximum absolute atomic E-state index is 13.8. The Hall–Kier alpha value is -1.82. The number of nitrogens with zero attached hydrogens (tertiary/aromatic N) is 1. The van der Waals surface area contributed by atoms with E-state index in [2.05, 4.69) is 0 Å². The van der Waals surface area contributed by atoms with E-state index in [4.69, 9.17) is 4.74 Å². The molecule has 136 valence electrons. The lowest BCUT2D eigenvalue weighted by Crippen LogP contribution is -2.39. The van der Waals surface area contributed by atoms with Crippen molar-refractivity contribution in [3.05, 3.63) is 71.3 Å². The maximum Gasteiger partial charge on any atom is 0.130 e. The summed E-state index contributed by atoms with van der Waals surface area (Å²) in [6, 6.07) is 13.4. The van der Waals surface area contributed by atoms with Gasteiger partial charge in [0.2, 0.25) is 0 Å². The highest BCUT2D eigenvalue weighted by atomic mass is 19.1. The molecule has 0 fully saturated rings. The molecule has 0 aliphatic carbocycles. The molecule has 0 spiro atoms. The SMILES string of the molecule is CC(C)N(Cc1ccc(F)cc1F)CC(O)COCc1ccccc1. The summed E-state index contributed by atoms with van der Waals surface area (Å²) in [5.41, 5.74) is 1.45. The summed E-state index contributed by atoms with van der Waals surface area (Å²) in [4.78, 5) is 1.94. The molecule has 0 saturated carbocycles. The van der Waals surface area contributed by atoms with E-state index in [1.54, 1.807) is 0 Å². The average molecular weight is 349 g/mol. The summed E-state index contributed by atoms with van der Waals surface area (Å²) in [5.74, 6) is -1.16. The first kappa shape index (κ1) is 19.5. The predicted molar refractivity (Wildman–Crippen MR) is 94.0 cm³/mol. The summed E-state index contributed by atoms with van der Waals surface area (Å²) in [6.45, 7) is 5.23. The fourth-order valence-corrected chi connectivity index (χ4v) is 2.54. The van der Waals surface area contributed by atoms with Gasteiger partial charge < -0.3 is 9.84 Å². The number of aliphatic hydroxyl groups is 1. The Morgan fingerprint density at radius 1 is 1.08 bits per heavy atom. The minimum absolute atomic E-state index is 0.105. The average Bonchev–Trinajstić information content (AvgIpc) is 2.57. The van der Waals surface area contributed by atoms with E-state index in [0.29, 0.717) is 25.3 Å². The van der Waals surface area contributed by atoms with Crippen molar-refractivity contribution in [2.24, 2.45) is 0 Å². The molecule has 1 N–H and O–H groups in total. The Balaban J connectivity index is 1.85. The van der Waals surface area contributed by atoms with Crippen LogP contribution in [0.2, 0.25) is 0 Å². The minimum Gasteiger partial charge on any atom is -0.389 e. The summed E-state index contributed by atoms with van der Waals surface area (Å²) in [7, 11) is 0. The molecule has 0 aliphatic heterocycles. The molecule has 0 radical (unpaired) electrons. The molecule has 2 aromatic carbocycles. The third-order valence-corrected chi connectivity index (χ3v) is 3.99. The molecule has 0 bridgehead atoms. The van der Waals surface area contributed by atoms with Crippen molar-refractivity contribution in [3.8, 4) is 0 Å². The van der Waals surface area contributed by atoms with Gasteiger partial charge in [0.05, 0.1) is 19.3 Å². The van der Waals surface area contributed by atoms with E-state index in [-0.39, 0.29) is 12.6 Å². The molecule has 5 heteroatoms. The van der Waals surface area contributed by atoms with E-state index in [1.165, 1.54) is 12.1 Å². The summed E-state index contributed by atoms with van der Waals surface area (Å²) < 4.78 is 32.4. The molecule has 0 heterocycles. The van der Waals surface area contributed by atoms with Gasteiger partial charge in [0.15, 0.2) is 0 Å². The third kappa shape index (κ3) is 6.53. The van der Waals surface area contributed by atoms with Gasteiger partial charge >= 0.3 is 0 Å². The van der Waals surface area contributed by atoms with E-state index in [1.807, 2.05) is 49.1 Å². The Morgan fingerprint density at radius 2 is 1.80 bits per heavy atom. The van der Waals surface area contributed by atoms with Crippen molar-refractivity contribution < 1.29 is 18.6 Å². The number of rotatable bonds is 9. The molecular weight excluding hydrogens is 324 g/mol. The van der Waals surface area contributed by atoms with Crippen LogP contribution in [0, 0.1) is 11.6 Å². The fraction of sp³-hybridized carbons (Fsp3) is 0.400. The molecule has 25 heavy (non-hydrogen) atoms. The van der Waals surface area contributed by atoms with Crippen molar-refractivity contribution in [1.29, 1.82) is 0 Å². The van der Waals surface area contributed by atoms with Crippen LogP contribution in [-0.2, 0) is 17.9 Å². The van der Waals surface area contributed by atoms with Gasteiger partial charge in [0, 0.05) is 30.8 Å². The third-order valence-electron chi connectivity index (χ3n) is 3.99. The van der Waals surface area contributed by atoms with E-state index >= 15 is 0 Å². The zero-order valence-electron chi connectivity index (χ0n) is 14.7. The van der Waals surface area contributed by atoms with Crippen LogP contribution in [0.3, 0.4) is 0 Å². The molecule has 1 atom stereocenters. The Kier molecular flexibility index (Phi) is 7.50. The van der Waals surface area contributed by atoms with Gasteiger partial charge in [-0.25, -0.2) is 8.78 Å². The summed E-state index contributed by atoms with van der Waals surface area (Å²) in [6.07, 6.45) is -0.686. The standard InChI is InChI=1S/C20H25F2NO2/c1-15(2)23(11-17-8-9-18(21)10-20(17)22)12-19(24)14-25-13-16-6-4-3-5-7-16/h3-10,15,19,24H,11-14H2,1-2H3. The van der Waals surface area contributed by atoms with Crippen molar-refractivity contribution in [1.82, 2.24) is 4.90 Å². The number of ether oxygens (including phenoxy) is 1. The number of benzene rings is 2. The zero-order valence-corrected chi connectivity index (χ0v) is 14.7. The molecule has 2 rings (SSSR count). The highest BCUT2D eigenvalue weighted by Gasteiger charge is 2.17. The van der Waals surface area contributed by atoms with Crippen LogP contribution >= 0.6 is 0 Å². The lowest BCUT2D eigenvalue weighted by atomic mass is 10.1. The van der Waals surface area contributed by atoms with Crippen LogP contribution in [0.15, 0.2) is 48.5 Å². The van der Waals surface area contributed by atoms with Gasteiger partial charge in [0.25, 0.3) is 0 Å². The lowest BCUT2D eigenvalue weighted by molar-refractivity contribution is 0.00295. The molecule has 0 amide bonds. The molecule has 0 saturated heterocycles. The quantitative estimate of drug-likeness (QED) is 0.748. The Bertz CT molecular complexity index is 649. The van der Waals surface area contributed by atoms with Gasteiger partial charge in [-0.05, 0) is 25.5 Å². The zero-order chi connectivity index (χ0) is 18.2. The molecule has 0 aromatic heterocycles. The smallest absolute Gasteiger partial charge is 0.130 e. The van der Waals surface area contributed by atoms with Gasteiger partial charge in [-0.1, -0.05) is 36.4 Å². The van der Waals surface area contributed by atoms with Crippen molar-refractivity contribution in [2.75, 3.05) is 13.2 Å². The molecule has 0 aliphatic rings. The van der Waals surface area contributed by atoms with Crippen LogP contribution < -0.4 is 0 Å². The van der Waals surface area contributed by atoms with E-state index in [9.17, 15) is 13.9 Å². The highest BCUT2D eigenvalue weighted by Crippen LogP contribution is 2.14. The van der Waals surface area contributed by atoms with E-state index in [0.717, 1.165) is 11.6 Å². The van der Waals surface area contributed by atoms with Crippen LogP contribution in [0.5, 0.6) is 0 Å². The lowest BCUT2D eigenvalue weighted by Gasteiger charge is -2.29. The van der Waals surface area contributed by atoms with Crippen LogP contribution in [0.4, 0.5) is 8.78 Å². The largest absolute Gasteiger partial charge is 0.389 e.